The predicted molar refractivity (Wildman–Crippen MR) is 111 cm³/mol. The van der Waals surface area contributed by atoms with Gasteiger partial charge in [-0.25, -0.2) is 0 Å². The average molecular weight is 374 g/mol. The van der Waals surface area contributed by atoms with Crippen molar-refractivity contribution in [1.29, 1.82) is 0 Å². The summed E-state index contributed by atoms with van der Waals surface area (Å²) >= 11 is 0. The highest BCUT2D eigenvalue weighted by molar-refractivity contribution is 6.03. The zero-order valence-electron chi connectivity index (χ0n) is 15.9. The van der Waals surface area contributed by atoms with Gasteiger partial charge in [-0.15, -0.1) is 0 Å². The Kier molecular flexibility index (Phi) is 6.07. The maximum atomic E-state index is 12.7. The fraction of sp³-hybridized carbons (Fsp3) is 0.130. The summed E-state index contributed by atoms with van der Waals surface area (Å²) in [6.45, 7) is 1.73. The molecule has 5 heteroatoms. The van der Waals surface area contributed by atoms with Gasteiger partial charge in [-0.05, 0) is 40.1 Å². The molecule has 3 aromatic rings. The van der Waals surface area contributed by atoms with Crippen LogP contribution in [0, 0.1) is 0 Å². The van der Waals surface area contributed by atoms with E-state index in [0.717, 1.165) is 27.6 Å². The molecule has 28 heavy (non-hydrogen) atoms. The van der Waals surface area contributed by atoms with E-state index < -0.39 is 0 Å². The van der Waals surface area contributed by atoms with Crippen molar-refractivity contribution in [3.05, 3.63) is 83.6 Å². The van der Waals surface area contributed by atoms with E-state index in [1.807, 2.05) is 66.7 Å². The van der Waals surface area contributed by atoms with Crippen LogP contribution in [0.15, 0.2) is 72.4 Å². The zero-order valence-corrected chi connectivity index (χ0v) is 15.9. The summed E-state index contributed by atoms with van der Waals surface area (Å²) in [7, 11) is 1.61. The summed E-state index contributed by atoms with van der Waals surface area (Å²) in [6.07, 6.45) is 1.70. The Bertz CT molecular complexity index is 1020. The molecule has 0 heterocycles. The summed E-state index contributed by atoms with van der Waals surface area (Å²) in [5.41, 5.74) is 2.00. The van der Waals surface area contributed by atoms with Crippen LogP contribution >= 0.6 is 0 Å². The molecule has 0 spiro atoms. The molecule has 3 aromatic carbocycles. The second kappa shape index (κ2) is 8.86. The monoisotopic (exact) mass is 374 g/mol. The Morgan fingerprint density at radius 3 is 2.39 bits per heavy atom. The minimum atomic E-state index is -0.348. The smallest absolute Gasteiger partial charge is 0.268 e. The third-order valence-corrected chi connectivity index (χ3v) is 4.29. The highest BCUT2D eigenvalue weighted by Gasteiger charge is 2.12. The topological polar surface area (TPSA) is 67.4 Å². The van der Waals surface area contributed by atoms with E-state index in [2.05, 4.69) is 10.6 Å². The molecule has 0 radical (unpaired) electrons. The first-order valence-electron chi connectivity index (χ1n) is 8.95. The Morgan fingerprint density at radius 2 is 1.68 bits per heavy atom. The summed E-state index contributed by atoms with van der Waals surface area (Å²) in [5, 5.41) is 7.56. The molecule has 0 saturated heterocycles. The molecule has 0 fully saturated rings. The Hall–Kier alpha value is -3.60. The molecule has 2 N–H and O–H groups in total. The first kappa shape index (κ1) is 19.2. The van der Waals surface area contributed by atoms with Gasteiger partial charge in [0, 0.05) is 13.5 Å². The maximum Gasteiger partial charge on any atom is 0.268 e. The van der Waals surface area contributed by atoms with Gasteiger partial charge in [-0.2, -0.15) is 0 Å². The Balaban J connectivity index is 1.83. The van der Waals surface area contributed by atoms with Crippen LogP contribution in [-0.4, -0.2) is 18.9 Å². The van der Waals surface area contributed by atoms with Gasteiger partial charge in [0.15, 0.2) is 0 Å². The third-order valence-electron chi connectivity index (χ3n) is 4.29. The van der Waals surface area contributed by atoms with Gasteiger partial charge in [0.05, 0.1) is 7.11 Å². The quantitative estimate of drug-likeness (QED) is 0.648. The number of hydrogen-bond donors (Lipinski definition) is 2. The molecule has 0 unspecified atom stereocenters. The van der Waals surface area contributed by atoms with Crippen LogP contribution in [0.3, 0.4) is 0 Å². The summed E-state index contributed by atoms with van der Waals surface area (Å²) in [5.74, 6) is 0.106. The number of hydrogen-bond acceptors (Lipinski definition) is 3. The molecule has 2 amide bonds. The largest absolute Gasteiger partial charge is 0.497 e. The minimum Gasteiger partial charge on any atom is -0.497 e. The van der Waals surface area contributed by atoms with Crippen LogP contribution in [0.4, 0.5) is 0 Å². The summed E-state index contributed by atoms with van der Waals surface area (Å²) in [6, 6.07) is 21.2. The molecule has 0 bridgehead atoms. The van der Waals surface area contributed by atoms with E-state index in [1.54, 1.807) is 13.2 Å². The van der Waals surface area contributed by atoms with Gasteiger partial charge in [0.2, 0.25) is 5.91 Å². The molecule has 0 aromatic heterocycles. The molecule has 0 aliphatic carbocycles. The minimum absolute atomic E-state index is 0.206. The first-order chi connectivity index (χ1) is 13.6. The van der Waals surface area contributed by atoms with Crippen LogP contribution in [0.25, 0.3) is 16.8 Å². The Labute approximate surface area is 164 Å². The number of rotatable bonds is 6. The van der Waals surface area contributed by atoms with Crippen LogP contribution in [-0.2, 0) is 16.1 Å². The number of ether oxygens (including phenoxy) is 1. The molecule has 0 aliphatic rings. The van der Waals surface area contributed by atoms with Crippen molar-refractivity contribution in [1.82, 2.24) is 10.6 Å². The lowest BCUT2D eigenvalue weighted by molar-refractivity contribution is -0.122. The van der Waals surface area contributed by atoms with Crippen LogP contribution in [0.1, 0.15) is 18.1 Å². The fourth-order valence-corrected chi connectivity index (χ4v) is 2.90. The van der Waals surface area contributed by atoms with E-state index in [9.17, 15) is 9.59 Å². The molecule has 142 valence electrons. The molecule has 0 aliphatic heterocycles. The van der Waals surface area contributed by atoms with E-state index >= 15 is 0 Å². The first-order valence-corrected chi connectivity index (χ1v) is 8.95. The lowest BCUT2D eigenvalue weighted by atomic mass is 10.0. The van der Waals surface area contributed by atoms with E-state index in [-0.39, 0.29) is 17.5 Å². The predicted octanol–water partition coefficient (Wildman–Crippen LogP) is 3.64. The van der Waals surface area contributed by atoms with Crippen LogP contribution in [0.5, 0.6) is 5.75 Å². The fourth-order valence-electron chi connectivity index (χ4n) is 2.90. The molecule has 0 atom stereocenters. The highest BCUT2D eigenvalue weighted by Crippen LogP contribution is 2.20. The molecule has 5 nitrogen and oxygen atoms in total. The molecule has 3 rings (SSSR count). The Morgan fingerprint density at radius 1 is 0.964 bits per heavy atom. The molecule has 0 saturated carbocycles. The van der Waals surface area contributed by atoms with Gasteiger partial charge in [0.1, 0.15) is 11.4 Å². The number of nitrogens with one attached hydrogen (secondary N) is 2. The molecular formula is C23H22N2O3. The van der Waals surface area contributed by atoms with E-state index in [4.69, 9.17) is 4.74 Å². The number of methoxy groups -OCH3 is 1. The normalized spacial score (nSPS) is 11.1. The number of amides is 2. The summed E-state index contributed by atoms with van der Waals surface area (Å²) in [4.78, 5) is 24.3. The number of benzene rings is 3. The van der Waals surface area contributed by atoms with E-state index in [0.29, 0.717) is 6.54 Å². The van der Waals surface area contributed by atoms with Crippen molar-refractivity contribution in [2.75, 3.05) is 7.11 Å². The SMILES string of the molecule is COc1ccc(CNC(=O)/C(=C/c2cccc3ccccc23)NC(C)=O)cc1. The van der Waals surface area contributed by atoms with Crippen molar-refractivity contribution in [2.24, 2.45) is 0 Å². The zero-order chi connectivity index (χ0) is 19.9. The van der Waals surface area contributed by atoms with Crippen molar-refractivity contribution in [3.63, 3.8) is 0 Å². The van der Waals surface area contributed by atoms with Crippen LogP contribution < -0.4 is 15.4 Å². The van der Waals surface area contributed by atoms with Crippen molar-refractivity contribution >= 4 is 28.7 Å². The van der Waals surface area contributed by atoms with Crippen molar-refractivity contribution in [3.8, 4) is 5.75 Å². The highest BCUT2D eigenvalue weighted by atomic mass is 16.5. The van der Waals surface area contributed by atoms with E-state index in [1.165, 1.54) is 6.92 Å². The van der Waals surface area contributed by atoms with Gasteiger partial charge in [-0.3, -0.25) is 9.59 Å². The number of carbonyl (C=O) groups is 2. The lowest BCUT2D eigenvalue weighted by Gasteiger charge is -2.11. The number of fused-ring (bicyclic) bond motifs is 1. The van der Waals surface area contributed by atoms with Crippen LogP contribution in [0.2, 0.25) is 0 Å². The lowest BCUT2D eigenvalue weighted by Crippen LogP contribution is -2.33. The maximum absolute atomic E-state index is 12.7. The molecular weight excluding hydrogens is 352 g/mol. The second-order valence-electron chi connectivity index (χ2n) is 6.34. The van der Waals surface area contributed by atoms with Gasteiger partial charge >= 0.3 is 0 Å². The van der Waals surface area contributed by atoms with Gasteiger partial charge < -0.3 is 15.4 Å². The average Bonchev–Trinajstić information content (AvgIpc) is 2.72. The third kappa shape index (κ3) is 4.76. The van der Waals surface area contributed by atoms with Crippen molar-refractivity contribution in [2.45, 2.75) is 13.5 Å². The number of carbonyl (C=O) groups excluding carboxylic acids is 2. The standard InChI is InChI=1S/C23H22N2O3/c1-16(26)25-22(14-19-8-5-7-18-6-3-4-9-21(18)19)23(27)24-15-17-10-12-20(28-2)13-11-17/h3-14H,15H2,1-2H3,(H,24,27)(H,25,26)/b22-14-. The van der Waals surface area contributed by atoms with Crippen molar-refractivity contribution < 1.29 is 14.3 Å². The second-order valence-corrected chi connectivity index (χ2v) is 6.34. The summed E-state index contributed by atoms with van der Waals surface area (Å²) < 4.78 is 5.13. The van der Waals surface area contributed by atoms with Gasteiger partial charge in [-0.1, -0.05) is 54.6 Å². The van der Waals surface area contributed by atoms with Gasteiger partial charge in [0.25, 0.3) is 5.91 Å².